The van der Waals surface area contributed by atoms with Gasteiger partial charge in [0.1, 0.15) is 0 Å². The highest BCUT2D eigenvalue weighted by Crippen LogP contribution is 2.57. The number of nitrogens with zero attached hydrogens (tertiary/aromatic N) is 2. The number of hydrogen-bond donors (Lipinski definition) is 0. The monoisotopic (exact) mass is 658 g/mol. The Morgan fingerprint density at radius 2 is 1.18 bits per heavy atom. The molecule has 0 N–H and O–H groups in total. The molecule has 0 unspecified atom stereocenters. The van der Waals surface area contributed by atoms with Crippen molar-refractivity contribution in [2.24, 2.45) is 0 Å². The van der Waals surface area contributed by atoms with E-state index in [-0.39, 0.29) is 16.2 Å². The molecule has 6 aromatic carbocycles. The molecule has 0 saturated carbocycles. The van der Waals surface area contributed by atoms with Gasteiger partial charge < -0.3 is 9.47 Å². The quantitative estimate of drug-likeness (QED) is 0.183. The first-order chi connectivity index (χ1) is 24.6. The number of benzene rings is 6. The summed E-state index contributed by atoms with van der Waals surface area (Å²) in [7, 11) is 0. The molecule has 2 heteroatoms. The fraction of sp³-hybridized carbons (Fsp3) is 0.224. The molecule has 2 aliphatic heterocycles. The van der Waals surface area contributed by atoms with Crippen molar-refractivity contribution in [3.05, 3.63) is 160 Å². The van der Waals surface area contributed by atoms with Crippen LogP contribution < -0.4 is 4.90 Å². The minimum atomic E-state index is -0.194. The normalized spacial score (nSPS) is 17.5. The number of para-hydroxylation sites is 2. The Balaban J connectivity index is 1.25. The summed E-state index contributed by atoms with van der Waals surface area (Å²) in [5.41, 5.74) is 21.3. The highest BCUT2D eigenvalue weighted by atomic mass is 15.1. The summed E-state index contributed by atoms with van der Waals surface area (Å²) >= 11 is 0. The fourth-order valence-electron chi connectivity index (χ4n) is 10.5. The van der Waals surface area contributed by atoms with E-state index in [2.05, 4.69) is 172 Å². The zero-order valence-corrected chi connectivity index (χ0v) is 30.4. The van der Waals surface area contributed by atoms with Crippen molar-refractivity contribution in [1.82, 2.24) is 4.57 Å². The molecule has 0 spiro atoms. The smallest absolute Gasteiger partial charge is 0.0583 e. The molecule has 2 aliphatic carbocycles. The summed E-state index contributed by atoms with van der Waals surface area (Å²) < 4.78 is 2.63. The molecule has 7 aromatic rings. The van der Waals surface area contributed by atoms with Crippen molar-refractivity contribution in [3.8, 4) is 16.8 Å². The second-order valence-corrected chi connectivity index (χ2v) is 16.9. The van der Waals surface area contributed by atoms with E-state index in [1.54, 1.807) is 0 Å². The molecule has 11 rings (SSSR count). The van der Waals surface area contributed by atoms with Crippen molar-refractivity contribution in [3.63, 3.8) is 0 Å². The number of anilines is 3. The second kappa shape index (κ2) is 9.50. The van der Waals surface area contributed by atoms with Crippen molar-refractivity contribution in [1.29, 1.82) is 0 Å². The summed E-state index contributed by atoms with van der Waals surface area (Å²) in [6, 6.07) is 42.2. The van der Waals surface area contributed by atoms with Gasteiger partial charge in [-0.05, 0) is 93.2 Å². The Kier molecular flexibility index (Phi) is 5.48. The summed E-state index contributed by atoms with van der Waals surface area (Å²) in [6.07, 6.45) is 6.87. The number of rotatable bonds is 3. The Bertz CT molecular complexity index is 2730. The van der Waals surface area contributed by atoms with Crippen LogP contribution in [-0.4, -0.2) is 4.57 Å². The van der Waals surface area contributed by atoms with E-state index in [0.717, 1.165) is 12.8 Å². The number of allylic oxidation sites excluding steroid dienone is 1. The first-order valence-electron chi connectivity index (χ1n) is 18.7. The average molecular weight is 659 g/mol. The molecule has 0 saturated heterocycles. The van der Waals surface area contributed by atoms with Gasteiger partial charge in [0, 0.05) is 44.0 Å². The van der Waals surface area contributed by atoms with E-state index in [0.29, 0.717) is 0 Å². The van der Waals surface area contributed by atoms with Gasteiger partial charge in [0.25, 0.3) is 0 Å². The fourth-order valence-corrected chi connectivity index (χ4v) is 10.5. The standard InChI is InChI=1S/C49H42N2/c1-47(2)37-19-10-9-17-33(37)34-25-24-30(27-41(34)47)50(43-23-11-15-29-14-7-8-16-32(29)43)31-26-36-35-18-12-20-38-44(35)51-45(36)42(28-31)49(5,6)40-22-13-21-39(46(40)51)48(38,3)4/h8-13,15-28H,7,14H2,1-6H3. The minimum absolute atomic E-state index is 0.0884. The highest BCUT2D eigenvalue weighted by Gasteiger charge is 2.44. The predicted octanol–water partition coefficient (Wildman–Crippen LogP) is 12.8. The van der Waals surface area contributed by atoms with Gasteiger partial charge in [0.15, 0.2) is 0 Å². The van der Waals surface area contributed by atoms with E-state index >= 15 is 0 Å². The molecule has 1 aromatic heterocycles. The van der Waals surface area contributed by atoms with Gasteiger partial charge in [-0.2, -0.15) is 0 Å². The lowest BCUT2D eigenvalue weighted by Crippen LogP contribution is -2.33. The van der Waals surface area contributed by atoms with Gasteiger partial charge in [0.2, 0.25) is 0 Å². The van der Waals surface area contributed by atoms with Gasteiger partial charge in [-0.15, -0.1) is 0 Å². The lowest BCUT2D eigenvalue weighted by molar-refractivity contribution is 0.593. The van der Waals surface area contributed by atoms with Crippen LogP contribution in [0.4, 0.5) is 17.1 Å². The average Bonchev–Trinajstić information content (AvgIpc) is 3.59. The first-order valence-corrected chi connectivity index (χ1v) is 18.7. The Hall–Kier alpha value is -5.34. The molecular weight excluding hydrogens is 617 g/mol. The first kappa shape index (κ1) is 29.4. The largest absolute Gasteiger partial charge is 0.310 e. The molecule has 51 heavy (non-hydrogen) atoms. The molecule has 248 valence electrons. The zero-order valence-electron chi connectivity index (χ0n) is 30.4. The maximum Gasteiger partial charge on any atom is 0.0583 e. The number of hydrogen-bond acceptors (Lipinski definition) is 1. The molecule has 0 amide bonds. The molecule has 4 aliphatic rings. The summed E-state index contributed by atoms with van der Waals surface area (Å²) in [4.78, 5) is 2.57. The van der Waals surface area contributed by atoms with Crippen LogP contribution in [0.1, 0.15) is 92.5 Å². The third-order valence-electron chi connectivity index (χ3n) is 13.2. The topological polar surface area (TPSA) is 8.17 Å². The van der Waals surface area contributed by atoms with Gasteiger partial charge in [-0.1, -0.05) is 133 Å². The Labute approximate surface area is 300 Å². The lowest BCUT2D eigenvalue weighted by atomic mass is 9.68. The zero-order chi connectivity index (χ0) is 34.6. The number of aromatic nitrogens is 1. The van der Waals surface area contributed by atoms with Crippen molar-refractivity contribution in [2.75, 3.05) is 4.90 Å². The molecule has 3 heterocycles. The van der Waals surface area contributed by atoms with Crippen LogP contribution >= 0.6 is 0 Å². The summed E-state index contributed by atoms with van der Waals surface area (Å²) in [5, 5.41) is 2.68. The van der Waals surface area contributed by atoms with Crippen LogP contribution in [0.3, 0.4) is 0 Å². The van der Waals surface area contributed by atoms with Crippen LogP contribution in [0.25, 0.3) is 44.7 Å². The summed E-state index contributed by atoms with van der Waals surface area (Å²) in [5.74, 6) is 0. The van der Waals surface area contributed by atoms with Gasteiger partial charge in [0.05, 0.1) is 22.4 Å². The maximum absolute atomic E-state index is 2.63. The molecule has 0 bridgehead atoms. The van der Waals surface area contributed by atoms with Crippen molar-refractivity contribution < 1.29 is 0 Å². The van der Waals surface area contributed by atoms with Gasteiger partial charge in [-0.25, -0.2) is 0 Å². The van der Waals surface area contributed by atoms with E-state index < -0.39 is 0 Å². The van der Waals surface area contributed by atoms with Crippen molar-refractivity contribution >= 4 is 44.9 Å². The highest BCUT2D eigenvalue weighted by molar-refractivity contribution is 6.15. The minimum Gasteiger partial charge on any atom is -0.310 e. The molecule has 0 fully saturated rings. The lowest BCUT2D eigenvalue weighted by Gasteiger charge is -2.42. The SMILES string of the molecule is CC1(C)c2ccccc2-c2ccc(N(c3cc4c5c(c3)c3cccc6c3n5-c3c(cccc3C4(C)C)C6(C)C)c3cccc4c3C=CCC4)cc21. The van der Waals surface area contributed by atoms with Crippen LogP contribution in [-0.2, 0) is 22.7 Å². The van der Waals surface area contributed by atoms with E-state index in [1.807, 2.05) is 0 Å². The Morgan fingerprint density at radius 3 is 2.02 bits per heavy atom. The molecule has 0 atom stereocenters. The van der Waals surface area contributed by atoms with E-state index in [9.17, 15) is 0 Å². The van der Waals surface area contributed by atoms with E-state index in [1.165, 1.54) is 100 Å². The van der Waals surface area contributed by atoms with Gasteiger partial charge in [-0.3, -0.25) is 0 Å². The summed E-state index contributed by atoms with van der Waals surface area (Å²) in [6.45, 7) is 14.5. The number of aryl methyl sites for hydroxylation is 1. The Morgan fingerprint density at radius 1 is 0.529 bits per heavy atom. The third-order valence-corrected chi connectivity index (χ3v) is 13.2. The number of fused-ring (bicyclic) bond motifs is 5. The predicted molar refractivity (Wildman–Crippen MR) is 215 cm³/mol. The molecule has 2 nitrogen and oxygen atoms in total. The maximum atomic E-state index is 2.63. The second-order valence-electron chi connectivity index (χ2n) is 16.9. The van der Waals surface area contributed by atoms with Crippen LogP contribution in [0, 0.1) is 0 Å². The van der Waals surface area contributed by atoms with Crippen molar-refractivity contribution in [2.45, 2.75) is 70.6 Å². The van der Waals surface area contributed by atoms with Crippen LogP contribution in [0.2, 0.25) is 0 Å². The van der Waals surface area contributed by atoms with Crippen LogP contribution in [0.5, 0.6) is 0 Å². The van der Waals surface area contributed by atoms with E-state index in [4.69, 9.17) is 0 Å². The molecular formula is C49H42N2. The van der Waals surface area contributed by atoms with Gasteiger partial charge >= 0.3 is 0 Å². The third kappa shape index (κ3) is 3.53. The van der Waals surface area contributed by atoms with Crippen LogP contribution in [0.15, 0.2) is 115 Å². The molecule has 0 radical (unpaired) electrons.